The number of carbonyl (C=O) groups is 1. The third kappa shape index (κ3) is 5.19. The Labute approximate surface area is 225 Å². The monoisotopic (exact) mass is 522 g/mol. The molecule has 3 aliphatic heterocycles. The Morgan fingerprint density at radius 2 is 1.59 bits per heavy atom. The average Bonchev–Trinajstić information content (AvgIpc) is 3.23. The predicted molar refractivity (Wildman–Crippen MR) is 144 cm³/mol. The lowest BCUT2D eigenvalue weighted by molar-refractivity contribution is -0.959. The normalized spacial score (nSPS) is 26.6. The number of esters is 1. The SMILES string of the molecule is Cl.O=C(O[C@H]1C[N+]2(Cc3nc(-c4ccccc4)no3)CCC1CC2)C1(c2ccccc2)CCCCCC1. The first-order chi connectivity index (χ1) is 17.7. The Kier molecular flexibility index (Phi) is 7.68. The zero-order valence-corrected chi connectivity index (χ0v) is 22.2. The summed E-state index contributed by atoms with van der Waals surface area (Å²) in [5, 5.41) is 4.23. The molecule has 4 fully saturated rings. The fraction of sp³-hybridized carbons (Fsp3) is 0.500. The molecule has 7 heteroatoms. The van der Waals surface area contributed by atoms with Crippen LogP contribution in [0.2, 0.25) is 0 Å². The van der Waals surface area contributed by atoms with Gasteiger partial charge in [0.05, 0.1) is 18.5 Å². The van der Waals surface area contributed by atoms with Crippen LogP contribution in [0.4, 0.5) is 0 Å². The summed E-state index contributed by atoms with van der Waals surface area (Å²) < 4.78 is 13.0. The predicted octanol–water partition coefficient (Wildman–Crippen LogP) is 6.10. The number of benzene rings is 2. The highest BCUT2D eigenvalue weighted by Gasteiger charge is 2.51. The lowest BCUT2D eigenvalue weighted by Crippen LogP contribution is -2.64. The molecule has 196 valence electrons. The standard InChI is InChI=1S/C30H36N3O3.ClH/c34-29(30(17-9-1-2-10-18-30)25-13-7-4-8-14-25)35-26-21-33(19-15-23(26)16-20-33)22-27-31-28(32-36-27)24-11-5-3-6-12-24;/h3-8,11-14,23,26H,1-2,9-10,15-22H2;1H/q+1;/t23?,26-,33?;/m0./s1. The summed E-state index contributed by atoms with van der Waals surface area (Å²) in [6.07, 6.45) is 8.45. The number of rotatable bonds is 6. The first-order valence-electron chi connectivity index (χ1n) is 13.7. The Balaban J connectivity index is 0.00000280. The number of fused-ring (bicyclic) bond motifs is 3. The fourth-order valence-electron chi connectivity index (χ4n) is 6.84. The molecule has 1 saturated carbocycles. The van der Waals surface area contributed by atoms with Crippen molar-refractivity contribution in [1.29, 1.82) is 0 Å². The van der Waals surface area contributed by atoms with Gasteiger partial charge in [0.25, 0.3) is 5.89 Å². The van der Waals surface area contributed by atoms with Gasteiger partial charge >= 0.3 is 5.97 Å². The van der Waals surface area contributed by atoms with Gasteiger partial charge in [0, 0.05) is 24.3 Å². The van der Waals surface area contributed by atoms with Gasteiger partial charge in [0.1, 0.15) is 6.54 Å². The summed E-state index contributed by atoms with van der Waals surface area (Å²) >= 11 is 0. The summed E-state index contributed by atoms with van der Waals surface area (Å²) in [4.78, 5) is 18.7. The molecule has 2 aromatic carbocycles. The second-order valence-electron chi connectivity index (χ2n) is 11.2. The number of aromatic nitrogens is 2. The van der Waals surface area contributed by atoms with Crippen LogP contribution in [0.3, 0.4) is 0 Å². The van der Waals surface area contributed by atoms with Crippen LogP contribution in [0.15, 0.2) is 65.2 Å². The zero-order chi connectivity index (χ0) is 24.4. The largest absolute Gasteiger partial charge is 0.455 e. The van der Waals surface area contributed by atoms with E-state index in [0.29, 0.717) is 24.2 Å². The van der Waals surface area contributed by atoms with Crippen LogP contribution >= 0.6 is 12.4 Å². The minimum atomic E-state index is -0.508. The highest BCUT2D eigenvalue weighted by atomic mass is 35.5. The molecule has 7 rings (SSSR count). The molecular formula is C30H37ClN3O3+. The molecule has 0 unspecified atom stereocenters. The molecule has 1 aliphatic carbocycles. The van der Waals surface area contributed by atoms with Gasteiger partial charge in [-0.05, 0) is 18.4 Å². The van der Waals surface area contributed by atoms with Crippen LogP contribution in [0.25, 0.3) is 11.4 Å². The number of nitrogens with zero attached hydrogens (tertiary/aromatic N) is 3. The van der Waals surface area contributed by atoms with Crippen LogP contribution < -0.4 is 0 Å². The molecule has 1 aromatic heterocycles. The maximum absolute atomic E-state index is 14.0. The summed E-state index contributed by atoms with van der Waals surface area (Å²) in [6, 6.07) is 20.3. The van der Waals surface area contributed by atoms with E-state index in [1.165, 1.54) is 12.8 Å². The van der Waals surface area contributed by atoms with E-state index in [0.717, 1.165) is 73.8 Å². The molecule has 0 radical (unpaired) electrons. The summed E-state index contributed by atoms with van der Waals surface area (Å²) in [7, 11) is 0. The van der Waals surface area contributed by atoms with Crippen LogP contribution in [-0.4, -0.2) is 46.3 Å². The number of hydrogen-bond donors (Lipinski definition) is 0. The Hall–Kier alpha value is -2.70. The first-order valence-corrected chi connectivity index (χ1v) is 13.7. The molecule has 0 spiro atoms. The minimum Gasteiger partial charge on any atom is -0.455 e. The van der Waals surface area contributed by atoms with Crippen molar-refractivity contribution < 1.29 is 18.5 Å². The van der Waals surface area contributed by atoms with Crippen molar-refractivity contribution in [1.82, 2.24) is 10.1 Å². The lowest BCUT2D eigenvalue weighted by atomic mass is 9.74. The van der Waals surface area contributed by atoms with Crippen molar-refractivity contribution in [2.45, 2.75) is 69.4 Å². The highest BCUT2D eigenvalue weighted by molar-refractivity contribution is 5.85. The Morgan fingerprint density at radius 3 is 2.27 bits per heavy atom. The second kappa shape index (κ2) is 11.0. The van der Waals surface area contributed by atoms with Crippen LogP contribution in [-0.2, 0) is 21.5 Å². The van der Waals surface area contributed by atoms with Crippen molar-refractivity contribution >= 4 is 18.4 Å². The minimum absolute atomic E-state index is 0. The maximum Gasteiger partial charge on any atom is 0.317 e. The smallest absolute Gasteiger partial charge is 0.317 e. The van der Waals surface area contributed by atoms with Gasteiger partial charge in [-0.15, -0.1) is 12.4 Å². The van der Waals surface area contributed by atoms with E-state index in [9.17, 15) is 4.79 Å². The maximum atomic E-state index is 14.0. The van der Waals surface area contributed by atoms with E-state index in [1.807, 2.05) is 36.4 Å². The average molecular weight is 523 g/mol. The first kappa shape index (κ1) is 25.9. The second-order valence-corrected chi connectivity index (χ2v) is 11.2. The van der Waals surface area contributed by atoms with Crippen molar-refractivity contribution in [3.05, 3.63) is 72.1 Å². The number of ether oxygens (including phenoxy) is 1. The van der Waals surface area contributed by atoms with Gasteiger partial charge in [-0.25, -0.2) is 0 Å². The number of hydrogen-bond acceptors (Lipinski definition) is 5. The number of quaternary nitrogens is 1. The Bertz CT molecular complexity index is 1170. The van der Waals surface area contributed by atoms with E-state index in [1.54, 1.807) is 0 Å². The van der Waals surface area contributed by atoms with E-state index in [2.05, 4.69) is 29.4 Å². The van der Waals surface area contributed by atoms with Gasteiger partial charge in [-0.2, -0.15) is 4.98 Å². The third-order valence-electron chi connectivity index (χ3n) is 8.94. The van der Waals surface area contributed by atoms with Gasteiger partial charge in [0.15, 0.2) is 12.6 Å². The quantitative estimate of drug-likeness (QED) is 0.222. The van der Waals surface area contributed by atoms with Crippen LogP contribution in [0, 0.1) is 5.92 Å². The van der Waals surface area contributed by atoms with Crippen molar-refractivity contribution in [3.8, 4) is 11.4 Å². The molecule has 2 bridgehead atoms. The Morgan fingerprint density at radius 1 is 0.946 bits per heavy atom. The van der Waals surface area contributed by atoms with Gasteiger partial charge in [-0.3, -0.25) is 4.79 Å². The zero-order valence-electron chi connectivity index (χ0n) is 21.4. The van der Waals surface area contributed by atoms with E-state index in [-0.39, 0.29) is 24.5 Å². The van der Waals surface area contributed by atoms with E-state index >= 15 is 0 Å². The molecular weight excluding hydrogens is 486 g/mol. The van der Waals surface area contributed by atoms with Crippen LogP contribution in [0.1, 0.15) is 62.8 Å². The number of carbonyl (C=O) groups excluding carboxylic acids is 1. The lowest BCUT2D eigenvalue weighted by Gasteiger charge is -2.51. The molecule has 0 amide bonds. The molecule has 4 heterocycles. The molecule has 1 atom stereocenters. The van der Waals surface area contributed by atoms with Crippen LogP contribution in [0.5, 0.6) is 0 Å². The number of halogens is 1. The molecule has 3 saturated heterocycles. The molecule has 37 heavy (non-hydrogen) atoms. The molecule has 4 aliphatic rings. The summed E-state index contributed by atoms with van der Waals surface area (Å²) in [5.74, 6) is 1.76. The fourth-order valence-corrected chi connectivity index (χ4v) is 6.84. The van der Waals surface area contributed by atoms with Crippen molar-refractivity contribution in [3.63, 3.8) is 0 Å². The van der Waals surface area contributed by atoms with E-state index < -0.39 is 5.41 Å². The van der Waals surface area contributed by atoms with Crippen molar-refractivity contribution in [2.24, 2.45) is 5.92 Å². The van der Waals surface area contributed by atoms with Gasteiger partial charge < -0.3 is 13.7 Å². The molecule has 0 N–H and O–H groups in total. The molecule has 3 aromatic rings. The third-order valence-corrected chi connectivity index (χ3v) is 8.94. The van der Waals surface area contributed by atoms with Crippen molar-refractivity contribution in [2.75, 3.05) is 19.6 Å². The van der Waals surface area contributed by atoms with E-state index in [4.69, 9.17) is 14.2 Å². The summed E-state index contributed by atoms with van der Waals surface area (Å²) in [6.45, 7) is 3.69. The highest BCUT2D eigenvalue weighted by Crippen LogP contribution is 2.42. The number of piperidine rings is 3. The summed E-state index contributed by atoms with van der Waals surface area (Å²) in [5.41, 5.74) is 1.58. The van der Waals surface area contributed by atoms with Gasteiger partial charge in [-0.1, -0.05) is 91.5 Å². The topological polar surface area (TPSA) is 65.2 Å². The molecule has 6 nitrogen and oxygen atoms in total. The van der Waals surface area contributed by atoms with Gasteiger partial charge in [0.2, 0.25) is 5.82 Å².